The molecule has 3 heterocycles. The molecular weight excluding hydrogens is 316 g/mol. The molecule has 3 fully saturated rings. The molecule has 0 aromatic carbocycles. The van der Waals surface area contributed by atoms with Gasteiger partial charge in [0.1, 0.15) is 0 Å². The van der Waals surface area contributed by atoms with E-state index in [4.69, 9.17) is 0 Å². The first-order chi connectivity index (χ1) is 12.1. The molecule has 0 spiro atoms. The van der Waals surface area contributed by atoms with Crippen LogP contribution in [-0.2, 0) is 23.1 Å². The summed E-state index contributed by atoms with van der Waals surface area (Å²) in [5.74, 6) is 1.34. The first-order valence-electron chi connectivity index (χ1n) is 9.65. The summed E-state index contributed by atoms with van der Waals surface area (Å²) >= 11 is 0. The maximum Gasteiger partial charge on any atom is 0.227 e. The predicted octanol–water partition coefficient (Wildman–Crippen LogP) is 1.46. The van der Waals surface area contributed by atoms with Gasteiger partial charge in [0.15, 0.2) is 0 Å². The Kier molecular flexibility index (Phi) is 4.52. The number of carbonyl (C=O) groups is 2. The maximum atomic E-state index is 12.9. The molecule has 2 saturated heterocycles. The second-order valence-electron chi connectivity index (χ2n) is 8.06. The first-order valence-corrected chi connectivity index (χ1v) is 9.65. The van der Waals surface area contributed by atoms with Gasteiger partial charge in [-0.25, -0.2) is 0 Å². The molecule has 0 N–H and O–H groups in total. The van der Waals surface area contributed by atoms with Gasteiger partial charge in [-0.05, 0) is 50.0 Å². The Morgan fingerprint density at radius 3 is 2.52 bits per heavy atom. The Labute approximate surface area is 149 Å². The van der Waals surface area contributed by atoms with E-state index < -0.39 is 0 Å². The van der Waals surface area contributed by atoms with Crippen molar-refractivity contribution in [1.82, 2.24) is 19.6 Å². The van der Waals surface area contributed by atoms with Gasteiger partial charge in [-0.15, -0.1) is 0 Å². The Morgan fingerprint density at radius 2 is 1.80 bits per heavy atom. The number of aryl methyl sites for hydroxylation is 1. The van der Waals surface area contributed by atoms with Gasteiger partial charge >= 0.3 is 0 Å². The number of rotatable bonds is 4. The van der Waals surface area contributed by atoms with Gasteiger partial charge in [-0.2, -0.15) is 5.10 Å². The molecule has 25 heavy (non-hydrogen) atoms. The summed E-state index contributed by atoms with van der Waals surface area (Å²) in [6.07, 6.45) is 10.0. The number of piperidine rings is 1. The summed E-state index contributed by atoms with van der Waals surface area (Å²) in [6.45, 7) is 3.18. The highest BCUT2D eigenvalue weighted by Gasteiger charge is 2.38. The van der Waals surface area contributed by atoms with Crippen molar-refractivity contribution >= 4 is 11.8 Å². The highest BCUT2D eigenvalue weighted by atomic mass is 16.2. The average Bonchev–Trinajstić information content (AvgIpc) is 3.24. The fourth-order valence-corrected chi connectivity index (χ4v) is 4.34. The third-order valence-corrected chi connectivity index (χ3v) is 5.89. The van der Waals surface area contributed by atoms with Crippen molar-refractivity contribution in [1.29, 1.82) is 0 Å². The number of amides is 2. The summed E-state index contributed by atoms with van der Waals surface area (Å²) in [5.41, 5.74) is 1.25. The first kappa shape index (κ1) is 16.6. The van der Waals surface area contributed by atoms with Crippen LogP contribution in [0.2, 0.25) is 0 Å². The predicted molar refractivity (Wildman–Crippen MR) is 93.6 cm³/mol. The molecule has 2 unspecified atom stereocenters. The molecule has 2 atom stereocenters. The molecule has 1 aliphatic carbocycles. The number of hydrogen-bond acceptors (Lipinski definition) is 3. The van der Waals surface area contributed by atoms with Crippen LogP contribution in [0.4, 0.5) is 0 Å². The van der Waals surface area contributed by atoms with Crippen molar-refractivity contribution in [3.63, 3.8) is 0 Å². The van der Waals surface area contributed by atoms with E-state index in [9.17, 15) is 9.59 Å². The SMILES string of the molecule is Cn1cc(CC2CCN(C(=O)C3CCCN(C(=O)C4CC4)C3)C2)cn1. The van der Waals surface area contributed by atoms with Crippen molar-refractivity contribution in [2.24, 2.45) is 24.8 Å². The zero-order valence-electron chi connectivity index (χ0n) is 15.1. The van der Waals surface area contributed by atoms with E-state index in [0.29, 0.717) is 12.5 Å². The fourth-order valence-electron chi connectivity index (χ4n) is 4.34. The normalized spacial score (nSPS) is 26.9. The molecule has 1 aromatic rings. The van der Waals surface area contributed by atoms with E-state index in [-0.39, 0.29) is 23.7 Å². The van der Waals surface area contributed by atoms with Gasteiger partial charge in [-0.3, -0.25) is 14.3 Å². The van der Waals surface area contributed by atoms with Crippen LogP contribution in [0, 0.1) is 17.8 Å². The van der Waals surface area contributed by atoms with Crippen LogP contribution in [-0.4, -0.2) is 57.6 Å². The Balaban J connectivity index is 1.31. The lowest BCUT2D eigenvalue weighted by Crippen LogP contribution is -2.46. The fraction of sp³-hybridized carbons (Fsp3) is 0.737. The molecule has 2 aliphatic heterocycles. The molecule has 2 amide bonds. The van der Waals surface area contributed by atoms with E-state index >= 15 is 0 Å². The van der Waals surface area contributed by atoms with E-state index in [1.807, 2.05) is 27.7 Å². The molecule has 6 nitrogen and oxygen atoms in total. The summed E-state index contributed by atoms with van der Waals surface area (Å²) in [7, 11) is 1.94. The lowest BCUT2D eigenvalue weighted by molar-refractivity contribution is -0.140. The second-order valence-corrected chi connectivity index (χ2v) is 8.06. The molecule has 0 bridgehead atoms. The Bertz CT molecular complexity index is 652. The number of carbonyl (C=O) groups excluding carboxylic acids is 2. The number of nitrogens with zero attached hydrogens (tertiary/aromatic N) is 4. The monoisotopic (exact) mass is 344 g/mol. The van der Waals surface area contributed by atoms with Crippen LogP contribution in [0.5, 0.6) is 0 Å². The molecular formula is C19H28N4O2. The van der Waals surface area contributed by atoms with Gasteiger partial charge in [0, 0.05) is 45.3 Å². The molecule has 6 heteroatoms. The number of likely N-dealkylation sites (tertiary alicyclic amines) is 2. The number of aromatic nitrogens is 2. The molecule has 1 saturated carbocycles. The summed E-state index contributed by atoms with van der Waals surface area (Å²) < 4.78 is 1.83. The third-order valence-electron chi connectivity index (χ3n) is 5.89. The van der Waals surface area contributed by atoms with E-state index in [1.54, 1.807) is 0 Å². The van der Waals surface area contributed by atoms with Crippen LogP contribution in [0.1, 0.15) is 37.7 Å². The van der Waals surface area contributed by atoms with Crippen LogP contribution >= 0.6 is 0 Å². The van der Waals surface area contributed by atoms with Crippen molar-refractivity contribution in [2.45, 2.75) is 38.5 Å². The summed E-state index contributed by atoms with van der Waals surface area (Å²) in [6, 6.07) is 0. The smallest absolute Gasteiger partial charge is 0.227 e. The van der Waals surface area contributed by atoms with Gasteiger partial charge in [-0.1, -0.05) is 0 Å². The highest BCUT2D eigenvalue weighted by molar-refractivity contribution is 5.83. The van der Waals surface area contributed by atoms with Crippen molar-refractivity contribution in [3.8, 4) is 0 Å². The Morgan fingerprint density at radius 1 is 1.04 bits per heavy atom. The summed E-state index contributed by atoms with van der Waals surface area (Å²) in [4.78, 5) is 29.2. The molecule has 0 radical (unpaired) electrons. The van der Waals surface area contributed by atoms with Crippen LogP contribution < -0.4 is 0 Å². The van der Waals surface area contributed by atoms with Crippen LogP contribution in [0.15, 0.2) is 12.4 Å². The zero-order chi connectivity index (χ0) is 17.4. The summed E-state index contributed by atoms with van der Waals surface area (Å²) in [5, 5.41) is 4.23. The standard InChI is InChI=1S/C19H28N4O2/c1-21-11-15(10-20-21)9-14-6-8-23(12-14)19(25)17-3-2-7-22(13-17)18(24)16-4-5-16/h10-11,14,16-17H,2-9,12-13H2,1H3. The largest absolute Gasteiger partial charge is 0.342 e. The van der Waals surface area contributed by atoms with E-state index in [1.165, 1.54) is 5.56 Å². The lowest BCUT2D eigenvalue weighted by atomic mass is 9.96. The van der Waals surface area contributed by atoms with Crippen molar-refractivity contribution in [3.05, 3.63) is 18.0 Å². The number of hydrogen-bond donors (Lipinski definition) is 0. The minimum atomic E-state index is 0.00796. The van der Waals surface area contributed by atoms with Crippen molar-refractivity contribution < 1.29 is 9.59 Å². The van der Waals surface area contributed by atoms with Crippen LogP contribution in [0.3, 0.4) is 0 Å². The van der Waals surface area contributed by atoms with Gasteiger partial charge in [0.25, 0.3) is 0 Å². The molecule has 3 aliphatic rings. The van der Waals surface area contributed by atoms with Gasteiger partial charge in [0.05, 0.1) is 12.1 Å². The molecule has 4 rings (SSSR count). The lowest BCUT2D eigenvalue weighted by Gasteiger charge is -2.34. The third kappa shape index (κ3) is 3.72. The van der Waals surface area contributed by atoms with E-state index in [0.717, 1.165) is 58.2 Å². The minimum Gasteiger partial charge on any atom is -0.342 e. The average molecular weight is 344 g/mol. The second kappa shape index (κ2) is 6.81. The molecule has 1 aromatic heterocycles. The van der Waals surface area contributed by atoms with Crippen molar-refractivity contribution in [2.75, 3.05) is 26.2 Å². The van der Waals surface area contributed by atoms with Gasteiger partial charge < -0.3 is 9.80 Å². The zero-order valence-corrected chi connectivity index (χ0v) is 15.1. The quantitative estimate of drug-likeness (QED) is 0.831. The topological polar surface area (TPSA) is 58.4 Å². The van der Waals surface area contributed by atoms with Crippen LogP contribution in [0.25, 0.3) is 0 Å². The Hall–Kier alpha value is -1.85. The minimum absolute atomic E-state index is 0.00796. The molecule has 136 valence electrons. The maximum absolute atomic E-state index is 12.9. The van der Waals surface area contributed by atoms with Gasteiger partial charge in [0.2, 0.25) is 11.8 Å². The highest BCUT2D eigenvalue weighted by Crippen LogP contribution is 2.33. The van der Waals surface area contributed by atoms with E-state index in [2.05, 4.69) is 11.3 Å².